The molecule has 0 saturated heterocycles. The van der Waals surface area contributed by atoms with Crippen LogP contribution >= 0.6 is 15.6 Å². The zero-order chi connectivity index (χ0) is 68.7. The minimum atomic E-state index is -4.96. The molecule has 4 unspecified atom stereocenters. The van der Waals surface area contributed by atoms with Crippen LogP contribution in [-0.2, 0) is 65.4 Å². The molecule has 0 saturated carbocycles. The minimum Gasteiger partial charge on any atom is -0.462 e. The summed E-state index contributed by atoms with van der Waals surface area (Å²) in [6.07, 6.45) is 49.9. The van der Waals surface area contributed by atoms with E-state index in [2.05, 4.69) is 48.5 Å². The van der Waals surface area contributed by atoms with Crippen molar-refractivity contribution in [2.45, 2.75) is 394 Å². The second-order valence-electron chi connectivity index (χ2n) is 27.6. The Labute approximate surface area is 568 Å². The molecule has 0 spiro atoms. The summed E-state index contributed by atoms with van der Waals surface area (Å²) in [5.74, 6) is 0.296. The molecule has 17 nitrogen and oxygen atoms in total. The fourth-order valence-corrected chi connectivity index (χ4v) is 12.8. The number of esters is 4. The van der Waals surface area contributed by atoms with E-state index in [0.29, 0.717) is 25.7 Å². The Bertz CT molecular complexity index is 1820. The van der Waals surface area contributed by atoms with Crippen molar-refractivity contribution < 1.29 is 80.2 Å². The fourth-order valence-electron chi connectivity index (χ4n) is 11.2. The van der Waals surface area contributed by atoms with Crippen molar-refractivity contribution >= 4 is 39.5 Å². The Balaban J connectivity index is 5.21. The molecule has 0 rings (SSSR count). The summed E-state index contributed by atoms with van der Waals surface area (Å²) in [5, 5.41) is 10.6. The van der Waals surface area contributed by atoms with Crippen molar-refractivity contribution in [1.29, 1.82) is 0 Å². The van der Waals surface area contributed by atoms with Crippen LogP contribution in [0.1, 0.15) is 376 Å². The van der Waals surface area contributed by atoms with Gasteiger partial charge in [-0.2, -0.15) is 0 Å². The van der Waals surface area contributed by atoms with Crippen LogP contribution in [0.25, 0.3) is 0 Å². The number of hydrogen-bond donors (Lipinski definition) is 3. The van der Waals surface area contributed by atoms with Crippen LogP contribution in [0.15, 0.2) is 0 Å². The van der Waals surface area contributed by atoms with E-state index in [-0.39, 0.29) is 25.7 Å². The van der Waals surface area contributed by atoms with Crippen LogP contribution in [0.4, 0.5) is 0 Å². The molecule has 3 N–H and O–H groups in total. The van der Waals surface area contributed by atoms with Gasteiger partial charge in [-0.3, -0.25) is 37.3 Å². The number of phosphoric acid groups is 2. The van der Waals surface area contributed by atoms with Crippen LogP contribution in [0.2, 0.25) is 0 Å². The highest BCUT2D eigenvalue weighted by atomic mass is 31.2. The average Bonchev–Trinajstić information content (AvgIpc) is 3.25. The Morgan fingerprint density at radius 2 is 0.548 bits per heavy atom. The molecular formula is C74H144O17P2. The lowest BCUT2D eigenvalue weighted by Gasteiger charge is -2.21. The smallest absolute Gasteiger partial charge is 0.462 e. The number of rotatable bonds is 72. The largest absolute Gasteiger partial charge is 0.472 e. The molecule has 0 bridgehead atoms. The number of carbonyl (C=O) groups excluding carboxylic acids is 4. The molecule has 552 valence electrons. The van der Waals surface area contributed by atoms with E-state index < -0.39 is 97.5 Å². The van der Waals surface area contributed by atoms with Crippen molar-refractivity contribution in [1.82, 2.24) is 0 Å². The molecular weight excluding hydrogens is 1220 g/mol. The van der Waals surface area contributed by atoms with Crippen molar-refractivity contribution in [3.63, 3.8) is 0 Å². The lowest BCUT2D eigenvalue weighted by atomic mass is 9.99. The van der Waals surface area contributed by atoms with Gasteiger partial charge in [-0.25, -0.2) is 9.13 Å². The highest BCUT2D eigenvalue weighted by Crippen LogP contribution is 2.45. The topological polar surface area (TPSA) is 237 Å². The van der Waals surface area contributed by atoms with Gasteiger partial charge >= 0.3 is 39.5 Å². The highest BCUT2D eigenvalue weighted by Gasteiger charge is 2.30. The standard InChI is InChI=1S/C74H144O17P2/c1-8-11-12-13-31-41-48-55-71(76)84-61-69(90-74(79)58-51-44-37-30-24-23-27-34-40-47-54-67(7)10-3)63-88-92(80,81)86-59-68(75)60-87-93(82,83)89-64-70(62-85-72(77)56-49-42-35-28-22-18-19-25-32-38-45-52-65(4)5)91-73(78)57-50-43-36-29-21-17-15-14-16-20-26-33-39-46-53-66(6)9-2/h65-70,75H,8-64H2,1-7H3,(H,80,81)(H,82,83)/t66?,67?,68-,69+,70+/m0/s1. The maximum absolute atomic E-state index is 13.1. The van der Waals surface area contributed by atoms with Gasteiger partial charge in [0.05, 0.1) is 26.4 Å². The Kier molecular flexibility index (Phi) is 63.4. The average molecular weight is 1370 g/mol. The van der Waals surface area contributed by atoms with Crippen molar-refractivity contribution in [3.05, 3.63) is 0 Å². The number of carbonyl (C=O) groups is 4. The minimum absolute atomic E-state index is 0.106. The summed E-state index contributed by atoms with van der Waals surface area (Å²) >= 11 is 0. The Morgan fingerprint density at radius 1 is 0.312 bits per heavy atom. The predicted octanol–water partition coefficient (Wildman–Crippen LogP) is 21.4. The summed E-state index contributed by atoms with van der Waals surface area (Å²) < 4.78 is 68.4. The van der Waals surface area contributed by atoms with Gasteiger partial charge in [-0.1, -0.05) is 325 Å². The van der Waals surface area contributed by atoms with Gasteiger partial charge in [0.2, 0.25) is 0 Å². The van der Waals surface area contributed by atoms with Crippen LogP contribution < -0.4 is 0 Å². The number of ether oxygens (including phenoxy) is 4. The summed E-state index contributed by atoms with van der Waals surface area (Å²) in [6, 6.07) is 0. The quantitative estimate of drug-likeness (QED) is 0.0222. The first kappa shape index (κ1) is 91.1. The molecule has 0 radical (unpaired) electrons. The van der Waals surface area contributed by atoms with E-state index in [1.807, 2.05) is 0 Å². The van der Waals surface area contributed by atoms with Crippen LogP contribution in [0.3, 0.4) is 0 Å². The molecule has 19 heteroatoms. The second kappa shape index (κ2) is 64.7. The summed E-state index contributed by atoms with van der Waals surface area (Å²) in [5.41, 5.74) is 0. The summed E-state index contributed by atoms with van der Waals surface area (Å²) in [6.45, 7) is 11.9. The van der Waals surface area contributed by atoms with Crippen molar-refractivity contribution in [2.75, 3.05) is 39.6 Å². The predicted molar refractivity (Wildman–Crippen MR) is 377 cm³/mol. The lowest BCUT2D eigenvalue weighted by molar-refractivity contribution is -0.161. The first-order chi connectivity index (χ1) is 44.8. The number of phosphoric ester groups is 2. The molecule has 0 fully saturated rings. The molecule has 0 aliphatic carbocycles. The third-order valence-electron chi connectivity index (χ3n) is 17.9. The van der Waals surface area contributed by atoms with Gasteiger partial charge < -0.3 is 33.8 Å². The maximum atomic E-state index is 13.1. The molecule has 0 aromatic carbocycles. The van der Waals surface area contributed by atoms with Crippen LogP contribution in [0, 0.1) is 17.8 Å². The fraction of sp³-hybridized carbons (Fsp3) is 0.946. The zero-order valence-electron chi connectivity index (χ0n) is 60.7. The third-order valence-corrected chi connectivity index (χ3v) is 19.8. The van der Waals surface area contributed by atoms with E-state index in [1.54, 1.807) is 0 Å². The van der Waals surface area contributed by atoms with Crippen LogP contribution in [-0.4, -0.2) is 96.7 Å². The third kappa shape index (κ3) is 65.8. The van der Waals surface area contributed by atoms with Gasteiger partial charge in [-0.05, 0) is 43.4 Å². The van der Waals surface area contributed by atoms with E-state index in [1.165, 1.54) is 173 Å². The van der Waals surface area contributed by atoms with Crippen molar-refractivity contribution in [2.24, 2.45) is 17.8 Å². The first-order valence-electron chi connectivity index (χ1n) is 38.4. The van der Waals surface area contributed by atoms with Crippen LogP contribution in [0.5, 0.6) is 0 Å². The molecule has 0 amide bonds. The Hall–Kier alpha value is -1.94. The maximum Gasteiger partial charge on any atom is 0.472 e. The number of hydrogen-bond acceptors (Lipinski definition) is 15. The molecule has 0 aliphatic heterocycles. The second-order valence-corrected chi connectivity index (χ2v) is 30.6. The SMILES string of the molecule is CCCCCCCCCC(=O)OC[C@H](COP(=O)(O)OC[C@H](O)COP(=O)(O)OC[C@@H](COC(=O)CCCCCCCCCCCCCC(C)C)OC(=O)CCCCCCCCCCCCCCCCC(C)CC)OC(=O)CCCCCCCCCCCCC(C)CC. The van der Waals surface area contributed by atoms with Gasteiger partial charge in [0.15, 0.2) is 12.2 Å². The van der Waals surface area contributed by atoms with E-state index >= 15 is 0 Å². The van der Waals surface area contributed by atoms with Gasteiger partial charge in [0, 0.05) is 25.7 Å². The lowest BCUT2D eigenvalue weighted by Crippen LogP contribution is -2.30. The van der Waals surface area contributed by atoms with E-state index in [9.17, 15) is 43.2 Å². The summed E-state index contributed by atoms with van der Waals surface area (Å²) in [4.78, 5) is 72.6. The number of aliphatic hydroxyl groups is 1. The number of aliphatic hydroxyl groups excluding tert-OH is 1. The van der Waals surface area contributed by atoms with Gasteiger partial charge in [0.1, 0.15) is 19.3 Å². The first-order valence-corrected chi connectivity index (χ1v) is 41.4. The molecule has 0 heterocycles. The Morgan fingerprint density at radius 3 is 0.817 bits per heavy atom. The number of unbranched alkanes of at least 4 members (excludes halogenated alkanes) is 38. The highest BCUT2D eigenvalue weighted by molar-refractivity contribution is 7.47. The van der Waals surface area contributed by atoms with E-state index in [0.717, 1.165) is 120 Å². The normalized spacial score (nSPS) is 14.7. The monoisotopic (exact) mass is 1370 g/mol. The molecule has 0 aliphatic rings. The van der Waals surface area contributed by atoms with Gasteiger partial charge in [0.25, 0.3) is 0 Å². The molecule has 7 atom stereocenters. The van der Waals surface area contributed by atoms with Crippen molar-refractivity contribution in [3.8, 4) is 0 Å². The van der Waals surface area contributed by atoms with E-state index in [4.69, 9.17) is 37.0 Å². The molecule has 93 heavy (non-hydrogen) atoms. The summed E-state index contributed by atoms with van der Waals surface area (Å²) in [7, 11) is -9.90. The zero-order valence-corrected chi connectivity index (χ0v) is 62.5. The molecule has 0 aromatic heterocycles. The van der Waals surface area contributed by atoms with Gasteiger partial charge in [-0.15, -0.1) is 0 Å². The molecule has 0 aromatic rings.